The number of rotatable bonds is 15. The molecule has 1 rings (SSSR count). The molecule has 1 unspecified atom stereocenters. The van der Waals surface area contributed by atoms with Gasteiger partial charge in [-0.2, -0.15) is 0 Å². The zero-order chi connectivity index (χ0) is 20.9. The van der Waals surface area contributed by atoms with E-state index < -0.39 is 8.53 Å². The van der Waals surface area contributed by atoms with Crippen molar-refractivity contribution in [2.24, 2.45) is 0 Å². The van der Waals surface area contributed by atoms with Gasteiger partial charge < -0.3 is 13.9 Å². The number of hydrogen-bond donors (Lipinski definition) is 0. The fraction of sp³-hybridized carbons (Fsp3) is 0.955. The molecule has 1 heterocycles. The van der Waals surface area contributed by atoms with Gasteiger partial charge in [0.15, 0.2) is 0 Å². The molecule has 0 saturated carbocycles. The van der Waals surface area contributed by atoms with Crippen molar-refractivity contribution in [3.63, 3.8) is 0 Å². The van der Waals surface area contributed by atoms with Crippen molar-refractivity contribution in [3.8, 4) is 0 Å². The van der Waals surface area contributed by atoms with Crippen molar-refractivity contribution < 1.29 is 9.05 Å². The van der Waals surface area contributed by atoms with Gasteiger partial charge in [0, 0.05) is 24.7 Å². The first-order valence-electron chi connectivity index (χ1n) is 11.4. The summed E-state index contributed by atoms with van der Waals surface area (Å²) in [6, 6.07) is 1.34. The highest BCUT2D eigenvalue weighted by Gasteiger charge is 2.36. The minimum atomic E-state index is -1.13. The van der Waals surface area contributed by atoms with E-state index in [1.807, 2.05) is 0 Å². The molecule has 5 nitrogen and oxygen atoms in total. The summed E-state index contributed by atoms with van der Waals surface area (Å²) >= 11 is 0. The average Bonchev–Trinajstić information content (AvgIpc) is 3.02. The van der Waals surface area contributed by atoms with E-state index in [1.54, 1.807) is 0 Å². The molecule has 0 aromatic carbocycles. The average molecular weight is 414 g/mol. The van der Waals surface area contributed by atoms with Crippen LogP contribution in [0, 0.1) is 6.57 Å². The van der Waals surface area contributed by atoms with Crippen LogP contribution in [-0.2, 0) is 9.05 Å². The maximum atomic E-state index is 7.02. The SMILES string of the molecule is [C-]#[N+]CCOP(O[C@H]1C[C@@H](CC)N(CCCCCCC)C1)N(C(C)C)C(C)C. The van der Waals surface area contributed by atoms with E-state index in [1.165, 1.54) is 45.1 Å². The van der Waals surface area contributed by atoms with Gasteiger partial charge in [-0.1, -0.05) is 39.5 Å². The molecule has 0 aromatic rings. The Kier molecular flexibility index (Phi) is 13.5. The lowest BCUT2D eigenvalue weighted by Crippen LogP contribution is -2.35. The first-order chi connectivity index (χ1) is 13.4. The molecule has 3 atom stereocenters. The number of likely N-dealkylation sites (tertiary alicyclic amines) is 1. The Balaban J connectivity index is 2.64. The van der Waals surface area contributed by atoms with Gasteiger partial charge in [-0.05, 0) is 53.5 Å². The van der Waals surface area contributed by atoms with Crippen LogP contribution in [0.15, 0.2) is 0 Å². The Hall–Kier alpha value is -0.240. The van der Waals surface area contributed by atoms with Gasteiger partial charge in [0.1, 0.15) is 6.61 Å². The van der Waals surface area contributed by atoms with Crippen LogP contribution in [0.3, 0.4) is 0 Å². The highest BCUT2D eigenvalue weighted by atomic mass is 31.2. The smallest absolute Gasteiger partial charge is 0.259 e. The molecule has 6 heteroatoms. The van der Waals surface area contributed by atoms with E-state index >= 15 is 0 Å². The van der Waals surface area contributed by atoms with Gasteiger partial charge in [0.25, 0.3) is 8.53 Å². The summed E-state index contributed by atoms with van der Waals surface area (Å²) in [6.45, 7) is 23.4. The number of nitrogens with zero attached hydrogens (tertiary/aromatic N) is 3. The molecule has 1 aliphatic heterocycles. The van der Waals surface area contributed by atoms with Gasteiger partial charge in [0.05, 0.1) is 6.10 Å². The van der Waals surface area contributed by atoms with Crippen LogP contribution < -0.4 is 0 Å². The highest BCUT2D eigenvalue weighted by molar-refractivity contribution is 7.44. The van der Waals surface area contributed by atoms with Crippen LogP contribution in [0.1, 0.15) is 86.5 Å². The van der Waals surface area contributed by atoms with Crippen molar-refractivity contribution in [1.82, 2.24) is 9.57 Å². The molecule has 164 valence electrons. The molecule has 0 amide bonds. The van der Waals surface area contributed by atoms with E-state index in [9.17, 15) is 0 Å². The van der Waals surface area contributed by atoms with Gasteiger partial charge in [0.2, 0.25) is 6.54 Å². The van der Waals surface area contributed by atoms with Crippen molar-refractivity contribution in [2.45, 2.75) is 111 Å². The zero-order valence-electron chi connectivity index (χ0n) is 19.2. The van der Waals surface area contributed by atoms with Crippen LogP contribution in [0.2, 0.25) is 0 Å². The molecule has 0 aromatic heterocycles. The van der Waals surface area contributed by atoms with E-state index in [-0.39, 0.29) is 6.10 Å². The van der Waals surface area contributed by atoms with E-state index in [0.717, 1.165) is 13.0 Å². The lowest BCUT2D eigenvalue weighted by molar-refractivity contribution is 0.135. The summed E-state index contributed by atoms with van der Waals surface area (Å²) in [5, 5.41) is 0. The second-order valence-corrected chi connectivity index (χ2v) is 9.86. The zero-order valence-corrected chi connectivity index (χ0v) is 20.1. The summed E-state index contributed by atoms with van der Waals surface area (Å²) in [5.41, 5.74) is 0. The molecule has 0 aliphatic carbocycles. The summed E-state index contributed by atoms with van der Waals surface area (Å²) in [5.74, 6) is 0. The minimum absolute atomic E-state index is 0.236. The van der Waals surface area contributed by atoms with Gasteiger partial charge in [-0.15, -0.1) is 0 Å². The summed E-state index contributed by atoms with van der Waals surface area (Å²) in [4.78, 5) is 6.07. The van der Waals surface area contributed by atoms with E-state index in [2.05, 4.69) is 56.0 Å². The Bertz CT molecular complexity index is 434. The summed E-state index contributed by atoms with van der Waals surface area (Å²) in [7, 11) is -1.13. The van der Waals surface area contributed by atoms with Crippen molar-refractivity contribution in [1.29, 1.82) is 0 Å². The summed E-state index contributed by atoms with van der Waals surface area (Å²) < 4.78 is 15.0. The third-order valence-electron chi connectivity index (χ3n) is 5.40. The third kappa shape index (κ3) is 9.06. The van der Waals surface area contributed by atoms with E-state index in [0.29, 0.717) is 31.3 Å². The molecular weight excluding hydrogens is 369 g/mol. The fourth-order valence-electron chi connectivity index (χ4n) is 4.05. The van der Waals surface area contributed by atoms with Gasteiger partial charge in [-0.25, -0.2) is 11.2 Å². The van der Waals surface area contributed by atoms with E-state index in [4.69, 9.17) is 15.6 Å². The topological polar surface area (TPSA) is 29.3 Å². The highest BCUT2D eigenvalue weighted by Crippen LogP contribution is 2.48. The standard InChI is InChI=1S/C22H44N3O2P/c1-8-10-11-12-13-15-24-18-22(17-21(24)9-2)27-28(26-16-14-23-7)25(19(3)4)20(5)6/h19-22H,8-18H2,1-6H3/t21-,22+,28?/m1/s1. The molecule has 0 bridgehead atoms. The largest absolute Gasteiger partial charge is 0.317 e. The van der Waals surface area contributed by atoms with Crippen molar-refractivity contribution in [2.75, 3.05) is 26.2 Å². The maximum Gasteiger partial charge on any atom is 0.259 e. The van der Waals surface area contributed by atoms with Gasteiger partial charge >= 0.3 is 0 Å². The van der Waals surface area contributed by atoms with Gasteiger partial charge in [-0.3, -0.25) is 4.90 Å². The second-order valence-electron chi connectivity index (χ2n) is 8.45. The van der Waals surface area contributed by atoms with Crippen LogP contribution in [0.4, 0.5) is 0 Å². The molecule has 0 radical (unpaired) electrons. The Morgan fingerprint density at radius 1 is 1.11 bits per heavy atom. The minimum Gasteiger partial charge on any atom is -0.317 e. The summed E-state index contributed by atoms with van der Waals surface area (Å²) in [6.07, 6.45) is 9.17. The lowest BCUT2D eigenvalue weighted by atomic mass is 10.1. The first kappa shape index (κ1) is 25.8. The molecule has 28 heavy (non-hydrogen) atoms. The Morgan fingerprint density at radius 2 is 1.79 bits per heavy atom. The predicted molar refractivity (Wildman–Crippen MR) is 120 cm³/mol. The Labute approximate surface area is 175 Å². The Morgan fingerprint density at radius 3 is 2.36 bits per heavy atom. The third-order valence-corrected chi connectivity index (χ3v) is 7.58. The molecule has 1 fully saturated rings. The molecule has 0 spiro atoms. The first-order valence-corrected chi connectivity index (χ1v) is 12.5. The molecule has 0 N–H and O–H groups in total. The fourth-order valence-corrected chi connectivity index (χ4v) is 5.75. The van der Waals surface area contributed by atoms with Crippen LogP contribution in [0.5, 0.6) is 0 Å². The monoisotopic (exact) mass is 413 g/mol. The van der Waals surface area contributed by atoms with Crippen LogP contribution in [0.25, 0.3) is 4.85 Å². The lowest BCUT2D eigenvalue weighted by Gasteiger charge is -2.36. The normalized spacial score (nSPS) is 21.7. The second kappa shape index (κ2) is 14.7. The number of hydrogen-bond acceptors (Lipinski definition) is 4. The molecule has 1 aliphatic rings. The molecular formula is C22H44N3O2P. The van der Waals surface area contributed by atoms with Crippen molar-refractivity contribution >= 4 is 8.53 Å². The number of unbranched alkanes of at least 4 members (excludes halogenated alkanes) is 4. The maximum absolute atomic E-state index is 7.02. The van der Waals surface area contributed by atoms with Crippen molar-refractivity contribution in [3.05, 3.63) is 11.4 Å². The van der Waals surface area contributed by atoms with Crippen LogP contribution >= 0.6 is 8.53 Å². The van der Waals surface area contributed by atoms with Crippen LogP contribution in [-0.4, -0.2) is 60.0 Å². The predicted octanol–water partition coefficient (Wildman–Crippen LogP) is 6.11. The molecule has 1 saturated heterocycles. The quantitative estimate of drug-likeness (QED) is 0.184.